The molecule has 0 atom stereocenters. The van der Waals surface area contributed by atoms with Crippen LogP contribution in [0.15, 0.2) is 45.1 Å². The Hall–Kier alpha value is -2.82. The monoisotopic (exact) mass is 449 g/mol. The van der Waals surface area contributed by atoms with Crippen molar-refractivity contribution < 1.29 is 22.1 Å². The number of amides is 1. The largest absolute Gasteiger partial charge is 0.354 e. The summed E-state index contributed by atoms with van der Waals surface area (Å²) < 4.78 is 45.8. The first-order chi connectivity index (χ1) is 14.3. The van der Waals surface area contributed by atoms with Gasteiger partial charge in [0.05, 0.1) is 0 Å². The maximum Gasteiger partial charge on any atom is 0.250 e. The van der Waals surface area contributed by atoms with Gasteiger partial charge in [-0.3, -0.25) is 4.79 Å². The number of aromatic nitrogens is 1. The average molecular weight is 450 g/mol. The van der Waals surface area contributed by atoms with Crippen LogP contribution in [-0.2, 0) is 21.4 Å². The molecule has 3 rings (SSSR count). The van der Waals surface area contributed by atoms with Gasteiger partial charge in [0.1, 0.15) is 21.4 Å². The number of hydrogen-bond donors (Lipinski definition) is 2. The highest BCUT2D eigenvalue weighted by atomic mass is 32.2. The van der Waals surface area contributed by atoms with E-state index in [1.807, 2.05) is 0 Å². The van der Waals surface area contributed by atoms with Crippen LogP contribution in [0.5, 0.6) is 0 Å². The van der Waals surface area contributed by atoms with Gasteiger partial charge in [0.25, 0.3) is 0 Å². The number of hydrogen-bond acceptors (Lipinski definition) is 6. The molecule has 2 aromatic heterocycles. The molecule has 0 spiro atoms. The van der Waals surface area contributed by atoms with Crippen LogP contribution < -0.4 is 10.0 Å². The lowest BCUT2D eigenvalue weighted by atomic mass is 10.2. The van der Waals surface area contributed by atoms with Crippen molar-refractivity contribution in [2.45, 2.75) is 31.0 Å². The van der Waals surface area contributed by atoms with Crippen molar-refractivity contribution in [3.8, 4) is 0 Å². The van der Waals surface area contributed by atoms with Crippen LogP contribution in [0.3, 0.4) is 0 Å². The highest BCUT2D eigenvalue weighted by Gasteiger charge is 2.17. The summed E-state index contributed by atoms with van der Waals surface area (Å²) in [6.45, 7) is 3.52. The lowest BCUT2D eigenvalue weighted by Crippen LogP contribution is -2.22. The second kappa shape index (κ2) is 9.33. The smallest absolute Gasteiger partial charge is 0.250 e. The van der Waals surface area contributed by atoms with Crippen molar-refractivity contribution in [1.29, 1.82) is 0 Å². The number of aryl methyl sites for hydroxylation is 1. The number of carbonyl (C=O) groups is 1. The van der Waals surface area contributed by atoms with Crippen molar-refractivity contribution in [3.05, 3.63) is 64.1 Å². The quantitative estimate of drug-likeness (QED) is 0.537. The lowest BCUT2D eigenvalue weighted by molar-refractivity contribution is -0.115. The number of thiophene rings is 1. The molecule has 30 heavy (non-hydrogen) atoms. The Morgan fingerprint density at radius 3 is 2.63 bits per heavy atom. The van der Waals surface area contributed by atoms with E-state index in [4.69, 9.17) is 4.52 Å². The van der Waals surface area contributed by atoms with Crippen LogP contribution in [-0.4, -0.2) is 19.5 Å². The fourth-order valence-corrected chi connectivity index (χ4v) is 4.75. The van der Waals surface area contributed by atoms with Gasteiger partial charge in [-0.05, 0) is 48.9 Å². The van der Waals surface area contributed by atoms with Crippen molar-refractivity contribution in [2.24, 2.45) is 0 Å². The van der Waals surface area contributed by atoms with Gasteiger partial charge in [-0.2, -0.15) is 0 Å². The van der Waals surface area contributed by atoms with Gasteiger partial charge in [0.15, 0.2) is 5.76 Å². The van der Waals surface area contributed by atoms with Crippen molar-refractivity contribution in [2.75, 3.05) is 5.32 Å². The van der Waals surface area contributed by atoms with E-state index in [9.17, 15) is 17.6 Å². The molecule has 0 bridgehead atoms. The molecule has 2 heterocycles. The Kier molecular flexibility index (Phi) is 6.80. The molecule has 7 nitrogen and oxygen atoms in total. The van der Waals surface area contributed by atoms with Gasteiger partial charge in [0.2, 0.25) is 15.9 Å². The van der Waals surface area contributed by atoms with E-state index < -0.39 is 10.0 Å². The third kappa shape index (κ3) is 5.41. The molecule has 2 N–H and O–H groups in total. The summed E-state index contributed by atoms with van der Waals surface area (Å²) in [5.74, 6) is -0.162. The fraction of sp³-hybridized carbons (Fsp3) is 0.200. The number of benzene rings is 1. The Morgan fingerprint density at radius 2 is 1.93 bits per heavy atom. The number of sulfonamides is 1. The van der Waals surface area contributed by atoms with Crippen LogP contribution in [0.4, 0.5) is 10.1 Å². The van der Waals surface area contributed by atoms with Crippen molar-refractivity contribution in [1.82, 2.24) is 9.88 Å². The van der Waals surface area contributed by atoms with Gasteiger partial charge in [-0.15, -0.1) is 11.3 Å². The number of anilines is 1. The molecule has 0 aliphatic carbocycles. The molecule has 0 aliphatic heterocycles. The van der Waals surface area contributed by atoms with E-state index in [1.165, 1.54) is 30.3 Å². The summed E-state index contributed by atoms with van der Waals surface area (Å²) >= 11 is 1.08. The topological polar surface area (TPSA) is 101 Å². The summed E-state index contributed by atoms with van der Waals surface area (Å²) in [5, 5.41) is 6.59. The van der Waals surface area contributed by atoms with Crippen LogP contribution in [0.25, 0.3) is 12.2 Å². The Balaban J connectivity index is 1.70. The van der Waals surface area contributed by atoms with Gasteiger partial charge in [-0.25, -0.2) is 17.5 Å². The van der Waals surface area contributed by atoms with Gasteiger partial charge in [-0.1, -0.05) is 24.2 Å². The first kappa shape index (κ1) is 21.9. The molecule has 1 amide bonds. The molecular weight excluding hydrogens is 429 g/mol. The Bertz CT molecular complexity index is 1170. The van der Waals surface area contributed by atoms with Gasteiger partial charge < -0.3 is 9.84 Å². The highest BCUT2D eigenvalue weighted by Crippen LogP contribution is 2.26. The summed E-state index contributed by atoms with van der Waals surface area (Å²) in [5.41, 5.74) is 1.69. The SMILES string of the molecule is CCC(=O)Nc1c(C)noc1/C=C/c1ccc(S(=O)(=O)NCc2ccc(F)cc2)s1. The third-order valence-corrected chi connectivity index (χ3v) is 7.06. The van der Waals surface area contributed by atoms with Gasteiger partial charge in [0, 0.05) is 17.8 Å². The number of rotatable bonds is 8. The number of halogens is 1. The maximum atomic E-state index is 13.0. The number of nitrogens with one attached hydrogen (secondary N) is 2. The number of nitrogens with zero attached hydrogens (tertiary/aromatic N) is 1. The molecule has 158 valence electrons. The van der Waals surface area contributed by atoms with E-state index in [0.717, 1.165) is 11.3 Å². The second-order valence-corrected chi connectivity index (χ2v) is 9.46. The minimum absolute atomic E-state index is 0.0590. The van der Waals surface area contributed by atoms with E-state index in [0.29, 0.717) is 34.0 Å². The molecule has 10 heteroatoms. The first-order valence-electron chi connectivity index (χ1n) is 9.06. The Morgan fingerprint density at radius 1 is 1.20 bits per heavy atom. The lowest BCUT2D eigenvalue weighted by Gasteiger charge is -2.04. The van der Waals surface area contributed by atoms with E-state index in [-0.39, 0.29) is 22.5 Å². The molecule has 1 aromatic carbocycles. The average Bonchev–Trinajstić information content (AvgIpc) is 3.34. The van der Waals surface area contributed by atoms with Crippen LogP contribution >= 0.6 is 11.3 Å². The summed E-state index contributed by atoms with van der Waals surface area (Å²) in [6.07, 6.45) is 3.63. The third-order valence-electron chi connectivity index (χ3n) is 4.12. The summed E-state index contributed by atoms with van der Waals surface area (Å²) in [4.78, 5) is 12.3. The zero-order valence-corrected chi connectivity index (χ0v) is 17.9. The fourth-order valence-electron chi connectivity index (χ4n) is 2.46. The predicted octanol–water partition coefficient (Wildman–Crippen LogP) is 4.18. The highest BCUT2D eigenvalue weighted by molar-refractivity contribution is 7.91. The van der Waals surface area contributed by atoms with Crippen LogP contribution in [0, 0.1) is 12.7 Å². The standard InChI is InChI=1S/C20H20FN3O4S2/c1-3-18(25)23-20-13(2)24-28-17(20)10-8-16-9-11-19(29-16)30(26,27)22-12-14-4-6-15(21)7-5-14/h4-11,22H,3,12H2,1-2H3,(H,23,25)/b10-8+. The molecule has 0 fully saturated rings. The van der Waals surface area contributed by atoms with E-state index in [2.05, 4.69) is 15.2 Å². The zero-order valence-electron chi connectivity index (χ0n) is 16.3. The Labute approximate surface area is 177 Å². The molecule has 0 saturated heterocycles. The molecule has 0 saturated carbocycles. The minimum Gasteiger partial charge on any atom is -0.354 e. The first-order valence-corrected chi connectivity index (χ1v) is 11.4. The molecule has 3 aromatic rings. The van der Waals surface area contributed by atoms with E-state index in [1.54, 1.807) is 32.1 Å². The minimum atomic E-state index is -3.71. The molecule has 0 aliphatic rings. The van der Waals surface area contributed by atoms with Crippen LogP contribution in [0.1, 0.15) is 35.2 Å². The second-order valence-electron chi connectivity index (χ2n) is 6.35. The maximum absolute atomic E-state index is 13.0. The number of carbonyl (C=O) groups excluding carboxylic acids is 1. The van der Waals surface area contributed by atoms with Crippen molar-refractivity contribution >= 4 is 45.1 Å². The van der Waals surface area contributed by atoms with E-state index >= 15 is 0 Å². The van der Waals surface area contributed by atoms with Crippen LogP contribution in [0.2, 0.25) is 0 Å². The molecular formula is C20H20FN3O4S2. The summed E-state index contributed by atoms with van der Waals surface area (Å²) in [6, 6.07) is 8.77. The summed E-state index contributed by atoms with van der Waals surface area (Å²) in [7, 11) is -3.71. The zero-order chi connectivity index (χ0) is 21.7. The predicted molar refractivity (Wildman–Crippen MR) is 114 cm³/mol. The molecule has 0 unspecified atom stereocenters. The normalized spacial score (nSPS) is 11.8. The van der Waals surface area contributed by atoms with Gasteiger partial charge >= 0.3 is 0 Å². The molecule has 0 radical (unpaired) electrons. The van der Waals surface area contributed by atoms with Crippen molar-refractivity contribution in [3.63, 3.8) is 0 Å².